The molecule has 9 nitrogen and oxygen atoms in total. The molecule has 3 amide bonds. The lowest BCUT2D eigenvalue weighted by molar-refractivity contribution is -0.384. The van der Waals surface area contributed by atoms with Crippen molar-refractivity contribution in [2.24, 2.45) is 0 Å². The number of nitro benzene ring substituents is 1. The Hall–Kier alpha value is -4.24. The Morgan fingerprint density at radius 3 is 2.03 bits per heavy atom. The van der Waals surface area contributed by atoms with Crippen LogP contribution in [-0.4, -0.2) is 22.6 Å². The SMILES string of the molecule is Cc1cccc(C(=O)Nc2ccc(C(=O)NNC(=O)c3ccc(Cl)c([N+](=O)[O-])c3)cc2)c1. The van der Waals surface area contributed by atoms with E-state index in [0.29, 0.717) is 11.3 Å². The number of hydrazine groups is 1. The van der Waals surface area contributed by atoms with Gasteiger partial charge in [-0.15, -0.1) is 0 Å². The second-order valence-electron chi connectivity index (χ2n) is 6.73. The highest BCUT2D eigenvalue weighted by Gasteiger charge is 2.17. The van der Waals surface area contributed by atoms with E-state index in [1.807, 2.05) is 13.0 Å². The maximum absolute atomic E-state index is 12.3. The molecule has 0 heterocycles. The Labute approximate surface area is 187 Å². The van der Waals surface area contributed by atoms with Crippen molar-refractivity contribution in [2.45, 2.75) is 6.92 Å². The van der Waals surface area contributed by atoms with E-state index >= 15 is 0 Å². The number of halogens is 1. The molecule has 0 spiro atoms. The van der Waals surface area contributed by atoms with Crippen LogP contribution in [0.1, 0.15) is 36.6 Å². The Balaban J connectivity index is 1.59. The van der Waals surface area contributed by atoms with Gasteiger partial charge in [-0.3, -0.25) is 35.3 Å². The molecule has 162 valence electrons. The second-order valence-corrected chi connectivity index (χ2v) is 7.14. The van der Waals surface area contributed by atoms with Crippen molar-refractivity contribution in [3.63, 3.8) is 0 Å². The molecule has 0 saturated heterocycles. The number of carbonyl (C=O) groups is 3. The fourth-order valence-electron chi connectivity index (χ4n) is 2.75. The van der Waals surface area contributed by atoms with Crippen molar-refractivity contribution in [2.75, 3.05) is 5.32 Å². The lowest BCUT2D eigenvalue weighted by atomic mass is 10.1. The van der Waals surface area contributed by atoms with Gasteiger partial charge < -0.3 is 5.32 Å². The summed E-state index contributed by atoms with van der Waals surface area (Å²) in [6, 6.07) is 16.7. The van der Waals surface area contributed by atoms with Crippen LogP contribution in [-0.2, 0) is 0 Å². The molecule has 0 radical (unpaired) electrons. The van der Waals surface area contributed by atoms with E-state index in [-0.39, 0.29) is 22.1 Å². The summed E-state index contributed by atoms with van der Waals surface area (Å²) >= 11 is 5.72. The lowest BCUT2D eigenvalue weighted by Gasteiger charge is -2.09. The molecule has 0 saturated carbocycles. The fourth-order valence-corrected chi connectivity index (χ4v) is 2.93. The van der Waals surface area contributed by atoms with Gasteiger partial charge in [-0.25, -0.2) is 0 Å². The van der Waals surface area contributed by atoms with Gasteiger partial charge in [0.1, 0.15) is 5.02 Å². The number of nitrogens with zero attached hydrogens (tertiary/aromatic N) is 1. The quantitative estimate of drug-likeness (QED) is 0.399. The number of hydrogen-bond acceptors (Lipinski definition) is 5. The summed E-state index contributed by atoms with van der Waals surface area (Å²) in [7, 11) is 0. The first kappa shape index (κ1) is 22.4. The van der Waals surface area contributed by atoms with Gasteiger partial charge in [0.2, 0.25) is 0 Å². The molecule has 10 heteroatoms. The summed E-state index contributed by atoms with van der Waals surface area (Å²) in [4.78, 5) is 46.9. The van der Waals surface area contributed by atoms with Crippen LogP contribution in [0, 0.1) is 17.0 Å². The number of nitrogens with one attached hydrogen (secondary N) is 3. The van der Waals surface area contributed by atoms with Gasteiger partial charge in [-0.1, -0.05) is 29.3 Å². The zero-order valence-corrected chi connectivity index (χ0v) is 17.5. The standard InChI is InChI=1S/C22H17ClN4O5/c1-13-3-2-4-15(11-13)20(28)24-17-8-5-14(6-9-17)21(29)25-26-22(30)16-7-10-18(23)19(12-16)27(31)32/h2-12H,1H3,(H,24,28)(H,25,29)(H,26,30). The summed E-state index contributed by atoms with van der Waals surface area (Å²) in [6.07, 6.45) is 0. The molecule has 0 unspecified atom stereocenters. The second kappa shape index (κ2) is 9.71. The average molecular weight is 453 g/mol. The minimum absolute atomic E-state index is 0.0457. The smallest absolute Gasteiger partial charge is 0.288 e. The minimum atomic E-state index is -0.750. The predicted molar refractivity (Wildman–Crippen MR) is 119 cm³/mol. The monoisotopic (exact) mass is 452 g/mol. The number of benzene rings is 3. The highest BCUT2D eigenvalue weighted by atomic mass is 35.5. The number of carbonyl (C=O) groups excluding carboxylic acids is 3. The zero-order chi connectivity index (χ0) is 23.3. The van der Waals surface area contributed by atoms with Gasteiger partial charge in [0.15, 0.2) is 0 Å². The van der Waals surface area contributed by atoms with E-state index in [1.165, 1.54) is 24.3 Å². The third-order valence-corrected chi connectivity index (χ3v) is 4.70. The maximum Gasteiger partial charge on any atom is 0.288 e. The van der Waals surface area contributed by atoms with E-state index in [2.05, 4.69) is 16.2 Å². The summed E-state index contributed by atoms with van der Waals surface area (Å²) in [5.41, 5.74) is 6.12. The highest BCUT2D eigenvalue weighted by molar-refractivity contribution is 6.32. The third kappa shape index (κ3) is 5.46. The van der Waals surface area contributed by atoms with E-state index < -0.39 is 22.4 Å². The van der Waals surface area contributed by atoms with Crippen molar-refractivity contribution < 1.29 is 19.3 Å². The Morgan fingerprint density at radius 1 is 0.812 bits per heavy atom. The van der Waals surface area contributed by atoms with Crippen LogP contribution in [0.2, 0.25) is 5.02 Å². The number of rotatable bonds is 5. The minimum Gasteiger partial charge on any atom is -0.322 e. The molecule has 0 aliphatic carbocycles. The molecule has 0 aliphatic rings. The molecule has 0 fully saturated rings. The fraction of sp³-hybridized carbons (Fsp3) is 0.0455. The molecule has 3 aromatic rings. The number of amides is 3. The van der Waals surface area contributed by atoms with Gasteiger partial charge in [0.25, 0.3) is 23.4 Å². The van der Waals surface area contributed by atoms with Crippen LogP contribution in [0.3, 0.4) is 0 Å². The number of hydrogen-bond donors (Lipinski definition) is 3. The van der Waals surface area contributed by atoms with Crippen molar-refractivity contribution in [3.05, 3.63) is 104 Å². The molecule has 32 heavy (non-hydrogen) atoms. The van der Waals surface area contributed by atoms with Crippen LogP contribution in [0.5, 0.6) is 0 Å². The summed E-state index contributed by atoms with van der Waals surface area (Å²) in [6.45, 7) is 1.89. The van der Waals surface area contributed by atoms with Crippen LogP contribution >= 0.6 is 11.6 Å². The maximum atomic E-state index is 12.3. The molecule has 3 N–H and O–H groups in total. The highest BCUT2D eigenvalue weighted by Crippen LogP contribution is 2.24. The molecule has 3 aromatic carbocycles. The first-order valence-corrected chi connectivity index (χ1v) is 9.65. The molecule has 3 rings (SSSR count). The summed E-state index contributed by atoms with van der Waals surface area (Å²) in [5.74, 6) is -1.64. The number of nitro groups is 1. The van der Waals surface area contributed by atoms with Crippen LogP contribution < -0.4 is 16.2 Å². The average Bonchev–Trinajstić information content (AvgIpc) is 2.77. The van der Waals surface area contributed by atoms with Gasteiger partial charge in [0, 0.05) is 28.4 Å². The summed E-state index contributed by atoms with van der Waals surface area (Å²) < 4.78 is 0. The zero-order valence-electron chi connectivity index (χ0n) is 16.7. The molecular formula is C22H17ClN4O5. The van der Waals surface area contributed by atoms with Crippen LogP contribution in [0.25, 0.3) is 0 Å². The first-order valence-electron chi connectivity index (χ1n) is 9.27. The topological polar surface area (TPSA) is 130 Å². The Morgan fingerprint density at radius 2 is 1.41 bits per heavy atom. The predicted octanol–water partition coefficient (Wildman–Crippen LogP) is 3.88. The van der Waals surface area contributed by atoms with Crippen molar-refractivity contribution in [3.8, 4) is 0 Å². The summed E-state index contributed by atoms with van der Waals surface area (Å²) in [5, 5.41) is 13.6. The molecular weight excluding hydrogens is 436 g/mol. The van der Waals surface area contributed by atoms with Gasteiger partial charge in [0.05, 0.1) is 4.92 Å². The van der Waals surface area contributed by atoms with E-state index in [1.54, 1.807) is 30.3 Å². The van der Waals surface area contributed by atoms with E-state index in [4.69, 9.17) is 11.6 Å². The molecule has 0 atom stereocenters. The number of aryl methyl sites for hydroxylation is 1. The van der Waals surface area contributed by atoms with Crippen molar-refractivity contribution in [1.82, 2.24) is 10.9 Å². The number of anilines is 1. The van der Waals surface area contributed by atoms with Gasteiger partial charge in [-0.2, -0.15) is 0 Å². The van der Waals surface area contributed by atoms with Gasteiger partial charge >= 0.3 is 0 Å². The largest absolute Gasteiger partial charge is 0.322 e. The normalized spacial score (nSPS) is 10.2. The van der Waals surface area contributed by atoms with E-state index in [9.17, 15) is 24.5 Å². The Kier molecular flexibility index (Phi) is 6.81. The van der Waals surface area contributed by atoms with Gasteiger partial charge in [-0.05, 0) is 55.5 Å². The molecule has 0 bridgehead atoms. The third-order valence-electron chi connectivity index (χ3n) is 4.38. The lowest BCUT2D eigenvalue weighted by Crippen LogP contribution is -2.41. The van der Waals surface area contributed by atoms with Crippen molar-refractivity contribution >= 4 is 40.7 Å². The van der Waals surface area contributed by atoms with E-state index in [0.717, 1.165) is 11.6 Å². The molecule has 0 aliphatic heterocycles. The van der Waals surface area contributed by atoms with Crippen LogP contribution in [0.15, 0.2) is 66.7 Å². The Bertz CT molecular complexity index is 1210. The first-order chi connectivity index (χ1) is 15.2. The molecule has 0 aromatic heterocycles. The van der Waals surface area contributed by atoms with Crippen molar-refractivity contribution in [1.29, 1.82) is 0 Å². The van der Waals surface area contributed by atoms with Crippen LogP contribution in [0.4, 0.5) is 11.4 Å².